The third-order valence-electron chi connectivity index (χ3n) is 2.57. The van der Waals surface area contributed by atoms with Crippen molar-refractivity contribution in [1.29, 1.82) is 5.26 Å². The van der Waals surface area contributed by atoms with Crippen LogP contribution in [0.5, 0.6) is 0 Å². The van der Waals surface area contributed by atoms with Crippen LogP contribution in [0.3, 0.4) is 0 Å². The molecule has 0 aromatic rings. The van der Waals surface area contributed by atoms with Crippen molar-refractivity contribution in [2.75, 3.05) is 33.0 Å². The highest BCUT2D eigenvalue weighted by Crippen LogP contribution is 2.12. The molecule has 1 rings (SSSR count). The molecule has 1 atom stereocenters. The van der Waals surface area contributed by atoms with Crippen molar-refractivity contribution in [3.8, 4) is 6.07 Å². The molecule has 0 aromatic heterocycles. The van der Waals surface area contributed by atoms with E-state index in [0.717, 1.165) is 39.1 Å². The van der Waals surface area contributed by atoms with Crippen LogP contribution in [0.1, 0.15) is 32.1 Å². The zero-order valence-electron chi connectivity index (χ0n) is 9.82. The average molecular weight is 227 g/mol. The first-order valence-electron chi connectivity index (χ1n) is 6.07. The van der Waals surface area contributed by atoms with Gasteiger partial charge < -0.3 is 14.2 Å². The van der Waals surface area contributed by atoms with Crippen molar-refractivity contribution in [2.45, 2.75) is 38.2 Å². The molecular weight excluding hydrogens is 206 g/mol. The fraction of sp³-hybridized carbons (Fsp3) is 0.917. The monoisotopic (exact) mass is 227 g/mol. The molecular formula is C12H21NO3. The summed E-state index contributed by atoms with van der Waals surface area (Å²) < 4.78 is 16.1. The van der Waals surface area contributed by atoms with E-state index in [-0.39, 0.29) is 6.61 Å². The van der Waals surface area contributed by atoms with Gasteiger partial charge in [0.15, 0.2) is 0 Å². The maximum absolute atomic E-state index is 8.24. The average Bonchev–Trinajstić information content (AvgIpc) is 2.34. The van der Waals surface area contributed by atoms with Gasteiger partial charge in [-0.05, 0) is 32.1 Å². The molecule has 16 heavy (non-hydrogen) atoms. The number of unbranched alkanes of at least 4 members (excludes halogenated alkanes) is 1. The van der Waals surface area contributed by atoms with Gasteiger partial charge in [-0.1, -0.05) is 0 Å². The highest BCUT2D eigenvalue weighted by molar-refractivity contribution is 4.66. The summed E-state index contributed by atoms with van der Waals surface area (Å²) in [6.45, 7) is 3.21. The second-order valence-corrected chi connectivity index (χ2v) is 3.98. The number of ether oxygens (including phenoxy) is 3. The Morgan fingerprint density at radius 1 is 1.19 bits per heavy atom. The van der Waals surface area contributed by atoms with Gasteiger partial charge in [-0.2, -0.15) is 5.26 Å². The Balaban J connectivity index is 1.79. The lowest BCUT2D eigenvalue weighted by atomic mass is 10.1. The summed E-state index contributed by atoms with van der Waals surface area (Å²) in [5.41, 5.74) is 0. The molecule has 1 unspecified atom stereocenters. The van der Waals surface area contributed by atoms with Crippen LogP contribution in [0.4, 0.5) is 0 Å². The third kappa shape index (κ3) is 6.78. The van der Waals surface area contributed by atoms with E-state index in [2.05, 4.69) is 0 Å². The van der Waals surface area contributed by atoms with Crippen LogP contribution in [-0.2, 0) is 14.2 Å². The fourth-order valence-electron chi connectivity index (χ4n) is 1.68. The van der Waals surface area contributed by atoms with Gasteiger partial charge in [-0.3, -0.25) is 0 Å². The van der Waals surface area contributed by atoms with E-state index in [1.165, 1.54) is 12.8 Å². The number of nitriles is 1. The van der Waals surface area contributed by atoms with E-state index in [1.54, 1.807) is 0 Å². The predicted octanol–water partition coefficient (Wildman–Crippen LogP) is 1.89. The molecule has 0 spiro atoms. The second-order valence-electron chi connectivity index (χ2n) is 3.98. The van der Waals surface area contributed by atoms with E-state index in [9.17, 15) is 0 Å². The van der Waals surface area contributed by atoms with Crippen LogP contribution in [0.25, 0.3) is 0 Å². The molecule has 92 valence electrons. The first-order valence-corrected chi connectivity index (χ1v) is 6.07. The Hall–Kier alpha value is -0.630. The van der Waals surface area contributed by atoms with Crippen LogP contribution >= 0.6 is 0 Å². The maximum Gasteiger partial charge on any atom is 0.133 e. The number of nitrogens with zero attached hydrogens (tertiary/aromatic N) is 1. The largest absolute Gasteiger partial charge is 0.379 e. The highest BCUT2D eigenvalue weighted by Gasteiger charge is 2.13. The summed E-state index contributed by atoms with van der Waals surface area (Å²) >= 11 is 0. The van der Waals surface area contributed by atoms with Crippen LogP contribution in [0, 0.1) is 11.3 Å². The molecule has 0 amide bonds. The second kappa shape index (κ2) is 9.59. The van der Waals surface area contributed by atoms with Crippen LogP contribution in [-0.4, -0.2) is 39.1 Å². The molecule has 0 aliphatic carbocycles. The van der Waals surface area contributed by atoms with Gasteiger partial charge in [0.25, 0.3) is 0 Å². The van der Waals surface area contributed by atoms with Crippen molar-refractivity contribution in [2.24, 2.45) is 0 Å². The minimum absolute atomic E-state index is 0.191. The molecule has 0 bridgehead atoms. The highest BCUT2D eigenvalue weighted by atomic mass is 16.5. The number of rotatable bonds is 8. The fourth-order valence-corrected chi connectivity index (χ4v) is 1.68. The molecule has 1 aliphatic heterocycles. The summed E-state index contributed by atoms with van der Waals surface area (Å²) in [5, 5.41) is 8.24. The van der Waals surface area contributed by atoms with Crippen molar-refractivity contribution in [1.82, 2.24) is 0 Å². The molecule has 0 N–H and O–H groups in total. The third-order valence-corrected chi connectivity index (χ3v) is 2.57. The van der Waals surface area contributed by atoms with Gasteiger partial charge in [0, 0.05) is 19.8 Å². The van der Waals surface area contributed by atoms with Crippen molar-refractivity contribution in [3.05, 3.63) is 0 Å². The molecule has 0 radical (unpaired) electrons. The van der Waals surface area contributed by atoms with E-state index in [0.29, 0.717) is 12.7 Å². The van der Waals surface area contributed by atoms with Crippen LogP contribution in [0.2, 0.25) is 0 Å². The first-order chi connectivity index (χ1) is 7.93. The minimum atomic E-state index is 0.191. The standard InChI is InChI=1S/C12H21NO3/c13-6-10-14-7-3-4-8-15-11-12-5-1-2-9-16-12/h12H,1-5,7-11H2. The van der Waals surface area contributed by atoms with Crippen molar-refractivity contribution >= 4 is 0 Å². The van der Waals surface area contributed by atoms with E-state index < -0.39 is 0 Å². The SMILES string of the molecule is N#CCOCCCCOCC1CCCCO1. The maximum atomic E-state index is 8.24. The van der Waals surface area contributed by atoms with Crippen molar-refractivity contribution in [3.63, 3.8) is 0 Å². The summed E-state index contributed by atoms with van der Waals surface area (Å²) in [4.78, 5) is 0. The summed E-state index contributed by atoms with van der Waals surface area (Å²) in [6.07, 6.45) is 5.82. The van der Waals surface area contributed by atoms with Crippen LogP contribution in [0.15, 0.2) is 0 Å². The Labute approximate surface area is 97.5 Å². The molecule has 1 fully saturated rings. The number of hydrogen-bond donors (Lipinski definition) is 0. The smallest absolute Gasteiger partial charge is 0.133 e. The molecule has 0 saturated carbocycles. The normalized spacial score (nSPS) is 20.6. The van der Waals surface area contributed by atoms with E-state index >= 15 is 0 Å². The molecule has 1 heterocycles. The minimum Gasteiger partial charge on any atom is -0.379 e. The van der Waals surface area contributed by atoms with Gasteiger partial charge >= 0.3 is 0 Å². The lowest BCUT2D eigenvalue weighted by Gasteiger charge is -2.22. The Kier molecular flexibility index (Phi) is 8.05. The molecule has 4 nitrogen and oxygen atoms in total. The van der Waals surface area contributed by atoms with E-state index in [1.807, 2.05) is 6.07 Å². The van der Waals surface area contributed by atoms with E-state index in [4.69, 9.17) is 19.5 Å². The van der Waals surface area contributed by atoms with Gasteiger partial charge in [0.05, 0.1) is 18.8 Å². The quantitative estimate of drug-likeness (QED) is 0.594. The Morgan fingerprint density at radius 3 is 2.69 bits per heavy atom. The Morgan fingerprint density at radius 2 is 2.00 bits per heavy atom. The van der Waals surface area contributed by atoms with Gasteiger partial charge in [-0.25, -0.2) is 0 Å². The van der Waals surface area contributed by atoms with Gasteiger partial charge in [0.1, 0.15) is 6.61 Å². The van der Waals surface area contributed by atoms with Crippen LogP contribution < -0.4 is 0 Å². The van der Waals surface area contributed by atoms with Gasteiger partial charge in [-0.15, -0.1) is 0 Å². The molecule has 1 saturated heterocycles. The summed E-state index contributed by atoms with van der Waals surface area (Å²) in [5.74, 6) is 0. The zero-order valence-corrected chi connectivity index (χ0v) is 9.82. The Bertz CT molecular complexity index is 197. The summed E-state index contributed by atoms with van der Waals surface area (Å²) in [6, 6.07) is 1.94. The first kappa shape index (κ1) is 13.4. The topological polar surface area (TPSA) is 51.5 Å². The van der Waals surface area contributed by atoms with Gasteiger partial charge in [0.2, 0.25) is 0 Å². The summed E-state index contributed by atoms with van der Waals surface area (Å²) in [7, 11) is 0. The zero-order chi connectivity index (χ0) is 11.5. The number of hydrogen-bond acceptors (Lipinski definition) is 4. The lowest BCUT2D eigenvalue weighted by Crippen LogP contribution is -2.24. The molecule has 4 heteroatoms. The predicted molar refractivity (Wildman–Crippen MR) is 60.1 cm³/mol. The van der Waals surface area contributed by atoms with Crippen molar-refractivity contribution < 1.29 is 14.2 Å². The molecule has 1 aliphatic rings. The lowest BCUT2D eigenvalue weighted by molar-refractivity contribution is -0.0415. The molecule has 0 aromatic carbocycles.